The minimum absolute atomic E-state index is 0.0315. The summed E-state index contributed by atoms with van der Waals surface area (Å²) in [5, 5.41) is 12.0. The molecule has 0 atom stereocenters. The van der Waals surface area contributed by atoms with Gasteiger partial charge in [-0.05, 0) is 12.8 Å². The van der Waals surface area contributed by atoms with Crippen LogP contribution >= 0.6 is 0 Å². The molecule has 0 aromatic carbocycles. The van der Waals surface area contributed by atoms with E-state index in [2.05, 4.69) is 10.6 Å². The SMILES string of the molecule is N=C(N)CNC(=O)NC1CC1. The maximum absolute atomic E-state index is 10.8. The van der Waals surface area contributed by atoms with Crippen LogP contribution in [0.25, 0.3) is 0 Å². The van der Waals surface area contributed by atoms with Gasteiger partial charge in [0, 0.05) is 6.04 Å². The molecule has 0 saturated heterocycles. The molecule has 0 aliphatic heterocycles. The molecule has 0 unspecified atom stereocenters. The highest BCUT2D eigenvalue weighted by molar-refractivity contribution is 5.84. The number of carbonyl (C=O) groups is 1. The number of nitrogens with two attached hydrogens (primary N) is 1. The van der Waals surface area contributed by atoms with E-state index in [1.165, 1.54) is 0 Å². The maximum Gasteiger partial charge on any atom is 0.315 e. The van der Waals surface area contributed by atoms with E-state index in [4.69, 9.17) is 11.1 Å². The number of hydrogen-bond acceptors (Lipinski definition) is 2. The average molecular weight is 156 g/mol. The van der Waals surface area contributed by atoms with Gasteiger partial charge in [-0.15, -0.1) is 0 Å². The number of urea groups is 1. The van der Waals surface area contributed by atoms with Crippen molar-refractivity contribution in [2.45, 2.75) is 18.9 Å². The Kier molecular flexibility index (Phi) is 2.30. The molecule has 1 rings (SSSR count). The second-order valence-corrected chi connectivity index (χ2v) is 2.63. The summed E-state index contributed by atoms with van der Waals surface area (Å²) in [5.74, 6) is -0.0315. The van der Waals surface area contributed by atoms with Gasteiger partial charge in [0.2, 0.25) is 0 Å². The highest BCUT2D eigenvalue weighted by Gasteiger charge is 2.22. The maximum atomic E-state index is 10.8. The first kappa shape index (κ1) is 7.84. The Balaban J connectivity index is 2.04. The minimum Gasteiger partial charge on any atom is -0.386 e. The fourth-order valence-electron chi connectivity index (χ4n) is 0.640. The molecule has 2 amide bonds. The van der Waals surface area contributed by atoms with Crippen molar-refractivity contribution in [1.82, 2.24) is 10.6 Å². The summed E-state index contributed by atoms with van der Waals surface area (Å²) in [7, 11) is 0. The van der Waals surface area contributed by atoms with Crippen LogP contribution in [0.1, 0.15) is 12.8 Å². The van der Waals surface area contributed by atoms with Crippen LogP contribution in [-0.4, -0.2) is 24.5 Å². The van der Waals surface area contributed by atoms with Gasteiger partial charge < -0.3 is 16.4 Å². The second-order valence-electron chi connectivity index (χ2n) is 2.63. The lowest BCUT2D eigenvalue weighted by molar-refractivity contribution is 0.241. The summed E-state index contributed by atoms with van der Waals surface area (Å²) in [6.45, 7) is 0.124. The third kappa shape index (κ3) is 3.44. The molecule has 11 heavy (non-hydrogen) atoms. The van der Waals surface area contributed by atoms with Crippen LogP contribution in [0.15, 0.2) is 0 Å². The molecule has 62 valence electrons. The zero-order valence-electron chi connectivity index (χ0n) is 6.18. The standard InChI is InChI=1S/C6H12N4O/c7-5(8)3-9-6(11)10-4-1-2-4/h4H,1-3H2,(H3,7,8)(H2,9,10,11). The van der Waals surface area contributed by atoms with E-state index >= 15 is 0 Å². The number of rotatable bonds is 3. The third-order valence-electron chi connectivity index (χ3n) is 1.35. The van der Waals surface area contributed by atoms with E-state index in [1.54, 1.807) is 0 Å². The summed E-state index contributed by atoms with van der Waals surface area (Å²) in [6, 6.07) is 0.115. The summed E-state index contributed by atoms with van der Waals surface area (Å²) in [4.78, 5) is 10.8. The summed E-state index contributed by atoms with van der Waals surface area (Å²) >= 11 is 0. The van der Waals surface area contributed by atoms with Gasteiger partial charge in [-0.25, -0.2) is 4.79 Å². The molecule has 0 spiro atoms. The molecule has 0 bridgehead atoms. The van der Waals surface area contributed by atoms with Gasteiger partial charge in [0.25, 0.3) is 0 Å². The first-order valence-corrected chi connectivity index (χ1v) is 3.56. The van der Waals surface area contributed by atoms with Gasteiger partial charge in [-0.1, -0.05) is 0 Å². The van der Waals surface area contributed by atoms with Gasteiger partial charge >= 0.3 is 6.03 Å². The summed E-state index contributed by atoms with van der Waals surface area (Å²) in [6.07, 6.45) is 2.13. The Labute approximate surface area is 64.8 Å². The van der Waals surface area contributed by atoms with Crippen molar-refractivity contribution in [2.24, 2.45) is 5.73 Å². The second kappa shape index (κ2) is 3.23. The lowest BCUT2D eigenvalue weighted by Crippen LogP contribution is -2.40. The van der Waals surface area contributed by atoms with Gasteiger partial charge in [0.15, 0.2) is 0 Å². The van der Waals surface area contributed by atoms with E-state index in [0.717, 1.165) is 12.8 Å². The van der Waals surface area contributed by atoms with Crippen molar-refractivity contribution in [3.8, 4) is 0 Å². The van der Waals surface area contributed by atoms with Crippen molar-refractivity contribution >= 4 is 11.9 Å². The number of amides is 2. The Morgan fingerprint density at radius 1 is 1.64 bits per heavy atom. The van der Waals surface area contributed by atoms with E-state index in [9.17, 15) is 4.79 Å². The predicted molar refractivity (Wildman–Crippen MR) is 41.5 cm³/mol. The molecule has 5 nitrogen and oxygen atoms in total. The number of nitrogens with one attached hydrogen (secondary N) is 3. The zero-order chi connectivity index (χ0) is 8.27. The van der Waals surface area contributed by atoms with Crippen molar-refractivity contribution in [3.05, 3.63) is 0 Å². The molecule has 0 aromatic rings. The van der Waals surface area contributed by atoms with Crippen LogP contribution in [0.2, 0.25) is 0 Å². The molecule has 1 fully saturated rings. The largest absolute Gasteiger partial charge is 0.386 e. The fourth-order valence-corrected chi connectivity index (χ4v) is 0.640. The van der Waals surface area contributed by atoms with E-state index in [-0.39, 0.29) is 18.4 Å². The van der Waals surface area contributed by atoms with Crippen LogP contribution in [0, 0.1) is 5.41 Å². The van der Waals surface area contributed by atoms with Gasteiger partial charge in [0.1, 0.15) is 5.84 Å². The van der Waals surface area contributed by atoms with Gasteiger partial charge in [0.05, 0.1) is 6.54 Å². The van der Waals surface area contributed by atoms with Gasteiger partial charge in [-0.3, -0.25) is 5.41 Å². The average Bonchev–Trinajstić information content (AvgIpc) is 2.67. The number of amidine groups is 1. The smallest absolute Gasteiger partial charge is 0.315 e. The molecule has 1 aliphatic carbocycles. The Morgan fingerprint density at radius 2 is 2.27 bits per heavy atom. The monoisotopic (exact) mass is 156 g/mol. The zero-order valence-corrected chi connectivity index (χ0v) is 6.18. The Morgan fingerprint density at radius 3 is 2.73 bits per heavy atom. The number of hydrogen-bond donors (Lipinski definition) is 4. The molecule has 5 N–H and O–H groups in total. The summed E-state index contributed by atoms with van der Waals surface area (Å²) in [5.41, 5.74) is 5.03. The van der Waals surface area contributed by atoms with Crippen molar-refractivity contribution < 1.29 is 4.79 Å². The fraction of sp³-hybridized carbons (Fsp3) is 0.667. The van der Waals surface area contributed by atoms with E-state index in [1.807, 2.05) is 0 Å². The lowest BCUT2D eigenvalue weighted by Gasteiger charge is -2.04. The number of carbonyl (C=O) groups excluding carboxylic acids is 1. The molecule has 5 heteroatoms. The minimum atomic E-state index is -0.234. The lowest BCUT2D eigenvalue weighted by atomic mass is 10.6. The normalized spacial score (nSPS) is 15.6. The first-order chi connectivity index (χ1) is 5.18. The molecule has 0 radical (unpaired) electrons. The Bertz CT molecular complexity index is 175. The highest BCUT2D eigenvalue weighted by Crippen LogP contribution is 2.17. The Hall–Kier alpha value is -1.26. The quantitative estimate of drug-likeness (QED) is 0.324. The molecule has 0 aromatic heterocycles. The molecule has 1 saturated carbocycles. The molecular weight excluding hydrogens is 144 g/mol. The molecular formula is C6H12N4O. The highest BCUT2D eigenvalue weighted by atomic mass is 16.2. The van der Waals surface area contributed by atoms with Crippen LogP contribution in [0.3, 0.4) is 0 Å². The van der Waals surface area contributed by atoms with Crippen LogP contribution in [0.5, 0.6) is 0 Å². The third-order valence-corrected chi connectivity index (χ3v) is 1.35. The molecule has 0 heterocycles. The van der Waals surface area contributed by atoms with E-state index < -0.39 is 0 Å². The predicted octanol–water partition coefficient (Wildman–Crippen LogP) is -0.616. The first-order valence-electron chi connectivity index (χ1n) is 3.56. The van der Waals surface area contributed by atoms with Crippen LogP contribution < -0.4 is 16.4 Å². The van der Waals surface area contributed by atoms with Crippen molar-refractivity contribution in [2.75, 3.05) is 6.54 Å². The van der Waals surface area contributed by atoms with Crippen molar-refractivity contribution in [1.29, 1.82) is 5.41 Å². The topological polar surface area (TPSA) is 91.0 Å². The van der Waals surface area contributed by atoms with Crippen LogP contribution in [-0.2, 0) is 0 Å². The van der Waals surface area contributed by atoms with E-state index in [0.29, 0.717) is 6.04 Å². The van der Waals surface area contributed by atoms with Crippen LogP contribution in [0.4, 0.5) is 4.79 Å². The van der Waals surface area contributed by atoms with Crippen molar-refractivity contribution in [3.63, 3.8) is 0 Å². The molecule has 1 aliphatic rings. The van der Waals surface area contributed by atoms with Gasteiger partial charge in [-0.2, -0.15) is 0 Å². The summed E-state index contributed by atoms with van der Waals surface area (Å²) < 4.78 is 0.